The van der Waals surface area contributed by atoms with Gasteiger partial charge in [-0.15, -0.1) is 0 Å². The average molecular weight is 328 g/mol. The predicted octanol–water partition coefficient (Wildman–Crippen LogP) is 3.13. The Morgan fingerprint density at radius 1 is 1.42 bits per heavy atom. The molecular weight excluding hydrogens is 310 g/mol. The SMILES string of the molecule is COCc1c(Br)cccc1NC/C=C(/C)C(=O)OC. The maximum absolute atomic E-state index is 11.2. The number of rotatable bonds is 6. The van der Waals surface area contributed by atoms with Crippen molar-refractivity contribution >= 4 is 27.6 Å². The van der Waals surface area contributed by atoms with Crippen molar-refractivity contribution in [2.45, 2.75) is 13.5 Å². The first-order valence-electron chi connectivity index (χ1n) is 5.85. The number of benzene rings is 1. The second-order valence-electron chi connectivity index (χ2n) is 3.96. The van der Waals surface area contributed by atoms with Crippen LogP contribution in [0.1, 0.15) is 12.5 Å². The summed E-state index contributed by atoms with van der Waals surface area (Å²) in [4.78, 5) is 11.2. The van der Waals surface area contributed by atoms with Gasteiger partial charge in [-0.25, -0.2) is 4.79 Å². The van der Waals surface area contributed by atoms with E-state index in [1.54, 1.807) is 20.1 Å². The molecule has 5 heteroatoms. The van der Waals surface area contributed by atoms with Crippen molar-refractivity contribution in [1.82, 2.24) is 0 Å². The van der Waals surface area contributed by atoms with E-state index in [-0.39, 0.29) is 5.97 Å². The van der Waals surface area contributed by atoms with Crippen molar-refractivity contribution in [2.24, 2.45) is 0 Å². The second-order valence-corrected chi connectivity index (χ2v) is 4.81. The molecule has 0 saturated heterocycles. The molecule has 0 aromatic heterocycles. The third-order valence-corrected chi connectivity index (χ3v) is 3.36. The quantitative estimate of drug-likeness (QED) is 0.644. The molecule has 0 atom stereocenters. The van der Waals surface area contributed by atoms with Gasteiger partial charge in [0.15, 0.2) is 0 Å². The van der Waals surface area contributed by atoms with Crippen LogP contribution in [0.25, 0.3) is 0 Å². The maximum Gasteiger partial charge on any atom is 0.333 e. The molecule has 0 aliphatic rings. The molecule has 0 aliphatic heterocycles. The van der Waals surface area contributed by atoms with E-state index in [2.05, 4.69) is 26.0 Å². The highest BCUT2D eigenvalue weighted by molar-refractivity contribution is 9.10. The number of methoxy groups -OCH3 is 2. The number of carbonyl (C=O) groups excluding carboxylic acids is 1. The molecule has 0 fully saturated rings. The first-order valence-corrected chi connectivity index (χ1v) is 6.64. The number of hydrogen-bond donors (Lipinski definition) is 1. The van der Waals surface area contributed by atoms with Crippen LogP contribution in [-0.4, -0.2) is 26.7 Å². The molecule has 1 aromatic rings. The van der Waals surface area contributed by atoms with Crippen LogP contribution in [0.5, 0.6) is 0 Å². The third kappa shape index (κ3) is 4.69. The highest BCUT2D eigenvalue weighted by Crippen LogP contribution is 2.25. The molecular formula is C14H18BrNO3. The molecule has 104 valence electrons. The first-order chi connectivity index (χ1) is 9.10. The molecule has 0 amide bonds. The molecule has 0 spiro atoms. The van der Waals surface area contributed by atoms with Gasteiger partial charge in [-0.2, -0.15) is 0 Å². The minimum Gasteiger partial charge on any atom is -0.466 e. The zero-order valence-electron chi connectivity index (χ0n) is 11.3. The summed E-state index contributed by atoms with van der Waals surface area (Å²) in [7, 11) is 3.03. The molecule has 4 nitrogen and oxygen atoms in total. The highest BCUT2D eigenvalue weighted by Gasteiger charge is 2.06. The fourth-order valence-corrected chi connectivity index (χ4v) is 2.05. The van der Waals surface area contributed by atoms with E-state index in [4.69, 9.17) is 4.74 Å². The maximum atomic E-state index is 11.2. The molecule has 19 heavy (non-hydrogen) atoms. The summed E-state index contributed by atoms with van der Waals surface area (Å²) in [6.45, 7) is 2.79. The Kier molecular flexibility index (Phi) is 6.59. The lowest BCUT2D eigenvalue weighted by atomic mass is 10.2. The van der Waals surface area contributed by atoms with Crippen LogP contribution in [0.2, 0.25) is 0 Å². The van der Waals surface area contributed by atoms with Gasteiger partial charge in [0, 0.05) is 35.0 Å². The van der Waals surface area contributed by atoms with Gasteiger partial charge < -0.3 is 14.8 Å². The van der Waals surface area contributed by atoms with Crippen molar-refractivity contribution in [3.05, 3.63) is 39.9 Å². The molecule has 1 rings (SSSR count). The fraction of sp³-hybridized carbons (Fsp3) is 0.357. The minimum absolute atomic E-state index is 0.312. The van der Waals surface area contributed by atoms with Gasteiger partial charge in [-0.05, 0) is 19.1 Å². The predicted molar refractivity (Wildman–Crippen MR) is 79.1 cm³/mol. The summed E-state index contributed by atoms with van der Waals surface area (Å²) in [5.41, 5.74) is 2.61. The van der Waals surface area contributed by atoms with Crippen LogP contribution in [0.3, 0.4) is 0 Å². The van der Waals surface area contributed by atoms with E-state index in [1.165, 1.54) is 7.11 Å². The van der Waals surface area contributed by atoms with Gasteiger partial charge in [0.05, 0.1) is 13.7 Å². The van der Waals surface area contributed by atoms with Gasteiger partial charge in [-0.1, -0.05) is 28.1 Å². The average Bonchev–Trinajstić information content (AvgIpc) is 2.41. The van der Waals surface area contributed by atoms with Crippen molar-refractivity contribution in [2.75, 3.05) is 26.1 Å². The van der Waals surface area contributed by atoms with Gasteiger partial charge >= 0.3 is 5.97 Å². The van der Waals surface area contributed by atoms with Gasteiger partial charge in [-0.3, -0.25) is 0 Å². The highest BCUT2D eigenvalue weighted by atomic mass is 79.9. The molecule has 0 heterocycles. The number of halogens is 1. The molecule has 0 unspecified atom stereocenters. The Morgan fingerprint density at radius 2 is 2.16 bits per heavy atom. The van der Waals surface area contributed by atoms with Gasteiger partial charge in [0.1, 0.15) is 0 Å². The van der Waals surface area contributed by atoms with E-state index in [1.807, 2.05) is 18.2 Å². The van der Waals surface area contributed by atoms with E-state index in [0.717, 1.165) is 15.7 Å². The lowest BCUT2D eigenvalue weighted by Gasteiger charge is -2.12. The molecule has 0 saturated carbocycles. The van der Waals surface area contributed by atoms with Crippen LogP contribution < -0.4 is 5.32 Å². The summed E-state index contributed by atoms with van der Waals surface area (Å²) in [6, 6.07) is 5.89. The number of esters is 1. The van der Waals surface area contributed by atoms with E-state index >= 15 is 0 Å². The fourth-order valence-electron chi connectivity index (χ4n) is 1.57. The Balaban J connectivity index is 2.73. The topological polar surface area (TPSA) is 47.6 Å². The van der Waals surface area contributed by atoms with Gasteiger partial charge in [0.2, 0.25) is 0 Å². The number of ether oxygens (including phenoxy) is 2. The zero-order chi connectivity index (χ0) is 14.3. The Labute approximate surface area is 121 Å². The standard InChI is InChI=1S/C14H18BrNO3/c1-10(14(17)19-3)7-8-16-13-6-4-5-12(15)11(13)9-18-2/h4-7,16H,8-9H2,1-3H3/b10-7-. The normalized spacial score (nSPS) is 11.3. The van der Waals surface area contributed by atoms with Crippen LogP contribution in [0, 0.1) is 0 Å². The Morgan fingerprint density at radius 3 is 2.79 bits per heavy atom. The third-order valence-electron chi connectivity index (χ3n) is 2.62. The molecule has 0 bridgehead atoms. The van der Waals surface area contributed by atoms with Crippen LogP contribution in [-0.2, 0) is 20.9 Å². The smallest absolute Gasteiger partial charge is 0.333 e. The number of carbonyl (C=O) groups is 1. The summed E-state index contributed by atoms with van der Waals surface area (Å²) < 4.78 is 10.8. The Bertz CT molecular complexity index is 472. The largest absolute Gasteiger partial charge is 0.466 e. The van der Waals surface area contributed by atoms with E-state index in [0.29, 0.717) is 18.7 Å². The summed E-state index contributed by atoms with van der Waals surface area (Å²) in [6.07, 6.45) is 1.79. The number of anilines is 1. The van der Waals surface area contributed by atoms with Crippen LogP contribution >= 0.6 is 15.9 Å². The number of nitrogens with one attached hydrogen (secondary N) is 1. The minimum atomic E-state index is -0.312. The summed E-state index contributed by atoms with van der Waals surface area (Å²) in [5.74, 6) is -0.312. The lowest BCUT2D eigenvalue weighted by Crippen LogP contribution is -2.07. The molecule has 0 radical (unpaired) electrons. The van der Waals surface area contributed by atoms with Gasteiger partial charge in [0.25, 0.3) is 0 Å². The second kappa shape index (κ2) is 7.96. The van der Waals surface area contributed by atoms with E-state index < -0.39 is 0 Å². The molecule has 1 aromatic carbocycles. The lowest BCUT2D eigenvalue weighted by molar-refractivity contribution is -0.136. The monoisotopic (exact) mass is 327 g/mol. The zero-order valence-corrected chi connectivity index (χ0v) is 12.9. The van der Waals surface area contributed by atoms with Crippen molar-refractivity contribution in [3.8, 4) is 0 Å². The van der Waals surface area contributed by atoms with Crippen LogP contribution in [0.15, 0.2) is 34.3 Å². The Hall–Kier alpha value is -1.33. The molecule has 0 aliphatic carbocycles. The van der Waals surface area contributed by atoms with Crippen molar-refractivity contribution < 1.29 is 14.3 Å². The first kappa shape index (κ1) is 15.7. The van der Waals surface area contributed by atoms with Crippen molar-refractivity contribution in [3.63, 3.8) is 0 Å². The molecule has 1 N–H and O–H groups in total. The summed E-state index contributed by atoms with van der Waals surface area (Å²) >= 11 is 3.49. The van der Waals surface area contributed by atoms with E-state index in [9.17, 15) is 4.79 Å². The summed E-state index contributed by atoms with van der Waals surface area (Å²) in [5, 5.41) is 3.25. The van der Waals surface area contributed by atoms with Crippen molar-refractivity contribution in [1.29, 1.82) is 0 Å². The van der Waals surface area contributed by atoms with Crippen LogP contribution in [0.4, 0.5) is 5.69 Å². The number of hydrogen-bond acceptors (Lipinski definition) is 4.